The minimum absolute atomic E-state index is 0.334. The van der Waals surface area contributed by atoms with Crippen LogP contribution in [0.25, 0.3) is 0 Å². The van der Waals surface area contributed by atoms with Crippen molar-refractivity contribution >= 4 is 8.32 Å². The molecule has 1 aliphatic rings. The molecule has 0 aliphatic carbocycles. The Kier molecular flexibility index (Phi) is 3.15. The minimum atomic E-state index is -1.52. The zero-order valence-corrected chi connectivity index (χ0v) is 11.5. The molecular formula is C11H25NOSi. The summed E-state index contributed by atoms with van der Waals surface area (Å²) in [6.07, 6.45) is 0. The predicted octanol–water partition coefficient (Wildman–Crippen LogP) is 2.62. The molecule has 0 bridgehead atoms. The summed E-state index contributed by atoms with van der Waals surface area (Å²) in [7, 11) is -1.52. The third kappa shape index (κ3) is 2.58. The molecule has 0 unspecified atom stereocenters. The molecule has 0 spiro atoms. The van der Waals surface area contributed by atoms with Gasteiger partial charge in [0.15, 0.2) is 8.32 Å². The molecule has 84 valence electrons. The molecule has 0 amide bonds. The first-order valence-corrected chi connectivity index (χ1v) is 8.42. The van der Waals surface area contributed by atoms with E-state index in [2.05, 4.69) is 46.1 Å². The van der Waals surface area contributed by atoms with Gasteiger partial charge in [0, 0.05) is 25.1 Å². The van der Waals surface area contributed by atoms with E-state index in [-0.39, 0.29) is 0 Å². The van der Waals surface area contributed by atoms with Crippen molar-refractivity contribution in [3.05, 3.63) is 0 Å². The highest BCUT2D eigenvalue weighted by molar-refractivity contribution is 6.74. The Labute approximate surface area is 89.6 Å². The van der Waals surface area contributed by atoms with Crippen LogP contribution in [0.2, 0.25) is 18.1 Å². The van der Waals surface area contributed by atoms with E-state index in [1.807, 2.05) is 0 Å². The lowest BCUT2D eigenvalue weighted by molar-refractivity contribution is 0.0929. The number of rotatable bonds is 3. The zero-order valence-electron chi connectivity index (χ0n) is 10.5. The van der Waals surface area contributed by atoms with Gasteiger partial charge in [-0.1, -0.05) is 27.7 Å². The normalized spacial score (nSPS) is 21.9. The molecule has 0 aromatic rings. The first-order chi connectivity index (χ1) is 6.16. The van der Waals surface area contributed by atoms with E-state index < -0.39 is 8.32 Å². The van der Waals surface area contributed by atoms with Crippen molar-refractivity contribution in [3.63, 3.8) is 0 Å². The molecule has 0 saturated carbocycles. The van der Waals surface area contributed by atoms with Crippen LogP contribution in [0.3, 0.4) is 0 Å². The van der Waals surface area contributed by atoms with Crippen molar-refractivity contribution in [2.45, 2.75) is 45.8 Å². The van der Waals surface area contributed by atoms with E-state index >= 15 is 0 Å². The smallest absolute Gasteiger partial charge is 0.192 e. The topological polar surface area (TPSA) is 21.3 Å². The number of nitrogens with one attached hydrogen (secondary N) is 1. The molecule has 0 aromatic heterocycles. The van der Waals surface area contributed by atoms with Crippen molar-refractivity contribution in [2.75, 3.05) is 19.7 Å². The van der Waals surface area contributed by atoms with Crippen molar-refractivity contribution in [2.24, 2.45) is 5.41 Å². The van der Waals surface area contributed by atoms with Crippen LogP contribution in [-0.2, 0) is 4.43 Å². The van der Waals surface area contributed by atoms with Crippen molar-refractivity contribution in [1.29, 1.82) is 0 Å². The molecule has 1 fully saturated rings. The highest BCUT2D eigenvalue weighted by atomic mass is 28.4. The summed E-state index contributed by atoms with van der Waals surface area (Å²) < 4.78 is 6.20. The Balaban J connectivity index is 2.44. The molecule has 1 N–H and O–H groups in total. The van der Waals surface area contributed by atoms with Gasteiger partial charge in [-0.15, -0.1) is 0 Å². The average Bonchev–Trinajstić information content (AvgIpc) is 1.95. The largest absolute Gasteiger partial charge is 0.416 e. The van der Waals surface area contributed by atoms with Gasteiger partial charge in [-0.3, -0.25) is 0 Å². The summed E-state index contributed by atoms with van der Waals surface area (Å²) >= 11 is 0. The second-order valence-corrected chi connectivity index (χ2v) is 11.3. The molecule has 14 heavy (non-hydrogen) atoms. The fourth-order valence-electron chi connectivity index (χ4n) is 1.22. The number of hydrogen-bond acceptors (Lipinski definition) is 2. The minimum Gasteiger partial charge on any atom is -0.416 e. The summed E-state index contributed by atoms with van der Waals surface area (Å²) in [5.74, 6) is 0. The fourth-order valence-corrected chi connectivity index (χ4v) is 2.37. The third-order valence-electron chi connectivity index (χ3n) is 3.69. The second kappa shape index (κ2) is 3.61. The van der Waals surface area contributed by atoms with Gasteiger partial charge in [-0.05, 0) is 18.1 Å². The van der Waals surface area contributed by atoms with Crippen LogP contribution in [-0.4, -0.2) is 28.0 Å². The van der Waals surface area contributed by atoms with Crippen LogP contribution in [0, 0.1) is 5.41 Å². The molecule has 1 aliphatic heterocycles. The Morgan fingerprint density at radius 3 is 2.07 bits per heavy atom. The maximum absolute atomic E-state index is 6.20. The molecule has 1 heterocycles. The Morgan fingerprint density at radius 2 is 1.79 bits per heavy atom. The molecule has 1 saturated heterocycles. The maximum atomic E-state index is 6.20. The van der Waals surface area contributed by atoms with E-state index in [0.29, 0.717) is 10.5 Å². The van der Waals surface area contributed by atoms with Crippen molar-refractivity contribution in [1.82, 2.24) is 5.32 Å². The molecule has 3 heteroatoms. The summed E-state index contributed by atoms with van der Waals surface area (Å²) in [6, 6.07) is 0. The number of hydrogen-bond donors (Lipinski definition) is 1. The van der Waals surface area contributed by atoms with Crippen LogP contribution >= 0.6 is 0 Å². The summed E-state index contributed by atoms with van der Waals surface area (Å²) in [4.78, 5) is 0. The molecule has 1 rings (SSSR count). The third-order valence-corrected chi connectivity index (χ3v) is 8.17. The Morgan fingerprint density at radius 1 is 1.29 bits per heavy atom. The second-order valence-electron chi connectivity index (χ2n) is 6.46. The van der Waals surface area contributed by atoms with Gasteiger partial charge >= 0.3 is 0 Å². The van der Waals surface area contributed by atoms with E-state index in [1.54, 1.807) is 0 Å². The first-order valence-electron chi connectivity index (χ1n) is 5.51. The molecule has 0 aromatic carbocycles. The zero-order chi connectivity index (χ0) is 11.0. The summed E-state index contributed by atoms with van der Waals surface area (Å²) in [5.41, 5.74) is 0.398. The lowest BCUT2D eigenvalue weighted by atomic mass is 9.85. The van der Waals surface area contributed by atoms with Crippen LogP contribution in [0.4, 0.5) is 0 Å². The maximum Gasteiger partial charge on any atom is 0.192 e. The predicted molar refractivity (Wildman–Crippen MR) is 64.1 cm³/mol. The summed E-state index contributed by atoms with van der Waals surface area (Å²) in [6.45, 7) is 17.0. The van der Waals surface area contributed by atoms with Crippen LogP contribution in [0.1, 0.15) is 27.7 Å². The first kappa shape index (κ1) is 12.2. The Bertz CT molecular complexity index is 204. The fraction of sp³-hybridized carbons (Fsp3) is 1.00. The van der Waals surface area contributed by atoms with Gasteiger partial charge in [-0.25, -0.2) is 0 Å². The average molecular weight is 215 g/mol. The van der Waals surface area contributed by atoms with E-state index in [9.17, 15) is 0 Å². The van der Waals surface area contributed by atoms with Gasteiger partial charge in [0.25, 0.3) is 0 Å². The lowest BCUT2D eigenvalue weighted by Crippen LogP contribution is -2.56. The highest BCUT2D eigenvalue weighted by Crippen LogP contribution is 2.38. The van der Waals surface area contributed by atoms with Crippen LogP contribution in [0.5, 0.6) is 0 Å². The van der Waals surface area contributed by atoms with Gasteiger partial charge in [0.2, 0.25) is 0 Å². The van der Waals surface area contributed by atoms with Gasteiger partial charge < -0.3 is 9.74 Å². The monoisotopic (exact) mass is 215 g/mol. The van der Waals surface area contributed by atoms with E-state index in [4.69, 9.17) is 4.43 Å². The SMILES string of the molecule is CC1(CO[Si](C)(C)C(C)(C)C)CNC1. The van der Waals surface area contributed by atoms with Crippen molar-refractivity contribution < 1.29 is 4.43 Å². The molecule has 0 radical (unpaired) electrons. The summed E-state index contributed by atoms with van der Waals surface area (Å²) in [5, 5.41) is 3.65. The van der Waals surface area contributed by atoms with Gasteiger partial charge in [0.1, 0.15) is 0 Å². The van der Waals surface area contributed by atoms with E-state index in [0.717, 1.165) is 19.7 Å². The molecular weight excluding hydrogens is 190 g/mol. The van der Waals surface area contributed by atoms with Crippen LogP contribution in [0.15, 0.2) is 0 Å². The van der Waals surface area contributed by atoms with Gasteiger partial charge in [0.05, 0.1) is 0 Å². The van der Waals surface area contributed by atoms with Crippen molar-refractivity contribution in [3.8, 4) is 0 Å². The standard InChI is InChI=1S/C11H25NOSi/c1-10(2,3)14(5,6)13-9-11(4)7-12-8-11/h12H,7-9H2,1-6H3. The van der Waals surface area contributed by atoms with Gasteiger partial charge in [-0.2, -0.15) is 0 Å². The van der Waals surface area contributed by atoms with Crippen LogP contribution < -0.4 is 5.32 Å². The Hall–Kier alpha value is 0.137. The highest BCUT2D eigenvalue weighted by Gasteiger charge is 2.40. The molecule has 2 nitrogen and oxygen atoms in total. The lowest BCUT2D eigenvalue weighted by Gasteiger charge is -2.44. The quantitative estimate of drug-likeness (QED) is 0.731. The molecule has 0 atom stereocenters. The van der Waals surface area contributed by atoms with E-state index in [1.165, 1.54) is 0 Å².